The molecule has 6 nitrogen and oxygen atoms in total. The van der Waals surface area contributed by atoms with Gasteiger partial charge in [0.2, 0.25) is 0 Å². The Morgan fingerprint density at radius 2 is 1.75 bits per heavy atom. The van der Waals surface area contributed by atoms with Gasteiger partial charge in [0, 0.05) is 11.6 Å². The van der Waals surface area contributed by atoms with E-state index in [1.807, 2.05) is 0 Å². The Balaban J connectivity index is 2.13. The van der Waals surface area contributed by atoms with Crippen LogP contribution >= 0.6 is 0 Å². The number of aryl methyl sites for hydroxylation is 1. The van der Waals surface area contributed by atoms with E-state index in [2.05, 4.69) is 0 Å². The summed E-state index contributed by atoms with van der Waals surface area (Å²) in [7, 11) is 0. The van der Waals surface area contributed by atoms with Crippen molar-refractivity contribution in [3.8, 4) is 5.75 Å². The molecule has 0 heterocycles. The molecule has 2 aromatic rings. The number of ether oxygens (including phenoxy) is 1. The summed E-state index contributed by atoms with van der Waals surface area (Å²) in [5, 5.41) is 16.0. The number of esters is 1. The molecule has 0 amide bonds. The zero-order valence-electron chi connectivity index (χ0n) is 12.9. The third-order valence-electron chi connectivity index (χ3n) is 3.29. The van der Waals surface area contributed by atoms with Gasteiger partial charge in [0.05, 0.1) is 5.56 Å². The van der Waals surface area contributed by atoms with E-state index in [0.29, 0.717) is 22.4 Å². The van der Waals surface area contributed by atoms with Crippen molar-refractivity contribution in [2.24, 2.45) is 5.73 Å². The van der Waals surface area contributed by atoms with Gasteiger partial charge in [-0.25, -0.2) is 9.59 Å². The molecule has 0 aliphatic carbocycles. The minimum absolute atomic E-state index is 0.0616. The van der Waals surface area contributed by atoms with E-state index < -0.39 is 11.9 Å². The van der Waals surface area contributed by atoms with Crippen molar-refractivity contribution in [3.05, 3.63) is 70.8 Å². The van der Waals surface area contributed by atoms with Crippen molar-refractivity contribution in [1.29, 1.82) is 5.41 Å². The van der Waals surface area contributed by atoms with Crippen LogP contribution in [0.3, 0.4) is 0 Å². The fourth-order valence-electron chi connectivity index (χ4n) is 2.02. The second kappa shape index (κ2) is 7.23. The predicted molar refractivity (Wildman–Crippen MR) is 90.3 cm³/mol. The molecule has 0 bridgehead atoms. The molecule has 0 radical (unpaired) electrons. The summed E-state index contributed by atoms with van der Waals surface area (Å²) in [5.41, 5.74) is 7.73. The molecule has 6 heteroatoms. The topological polar surface area (TPSA) is 113 Å². The number of benzene rings is 2. The first kappa shape index (κ1) is 17.0. The predicted octanol–water partition coefficient (Wildman–Crippen LogP) is 2.60. The zero-order chi connectivity index (χ0) is 17.7. The van der Waals surface area contributed by atoms with Crippen LogP contribution in [0.4, 0.5) is 0 Å². The lowest BCUT2D eigenvalue weighted by molar-refractivity contribution is -0.131. The molecule has 0 unspecified atom stereocenters. The first-order valence-electron chi connectivity index (χ1n) is 7.05. The molecule has 0 fully saturated rings. The van der Waals surface area contributed by atoms with Crippen molar-refractivity contribution in [3.63, 3.8) is 0 Å². The molecular formula is C18H16N2O4. The Labute approximate surface area is 138 Å². The van der Waals surface area contributed by atoms with Crippen LogP contribution in [0, 0.1) is 12.3 Å². The molecule has 0 atom stereocenters. The van der Waals surface area contributed by atoms with Crippen LogP contribution in [0.5, 0.6) is 5.75 Å². The monoisotopic (exact) mass is 324 g/mol. The van der Waals surface area contributed by atoms with E-state index in [1.165, 1.54) is 6.08 Å². The minimum Gasteiger partial charge on any atom is -0.478 e. The van der Waals surface area contributed by atoms with Gasteiger partial charge in [-0.3, -0.25) is 5.41 Å². The van der Waals surface area contributed by atoms with E-state index in [4.69, 9.17) is 21.0 Å². The normalized spacial score (nSPS) is 10.5. The zero-order valence-corrected chi connectivity index (χ0v) is 12.9. The van der Waals surface area contributed by atoms with E-state index in [9.17, 15) is 9.59 Å². The highest BCUT2D eigenvalue weighted by Gasteiger charge is 2.10. The quantitative estimate of drug-likeness (QED) is 0.257. The Morgan fingerprint density at radius 1 is 1.12 bits per heavy atom. The molecule has 2 rings (SSSR count). The van der Waals surface area contributed by atoms with E-state index >= 15 is 0 Å². The second-order valence-corrected chi connectivity index (χ2v) is 5.07. The van der Waals surface area contributed by atoms with Crippen LogP contribution in [-0.2, 0) is 4.79 Å². The summed E-state index contributed by atoms with van der Waals surface area (Å²) >= 11 is 0. The average Bonchev–Trinajstić information content (AvgIpc) is 2.54. The highest BCUT2D eigenvalue weighted by Crippen LogP contribution is 2.17. The molecule has 0 saturated carbocycles. The Kier molecular flexibility index (Phi) is 5.11. The third kappa shape index (κ3) is 4.30. The Hall–Kier alpha value is -3.41. The SMILES string of the molecule is Cc1cc(C(=O)Oc2ccc(C(=N)N)cc2)ccc1/C=C/C(=O)O. The number of carbonyl (C=O) groups excluding carboxylic acids is 1. The Morgan fingerprint density at radius 3 is 2.29 bits per heavy atom. The summed E-state index contributed by atoms with van der Waals surface area (Å²) in [4.78, 5) is 22.7. The van der Waals surface area contributed by atoms with Crippen LogP contribution in [0.25, 0.3) is 6.08 Å². The lowest BCUT2D eigenvalue weighted by atomic mass is 10.0. The van der Waals surface area contributed by atoms with Crippen LogP contribution in [-0.4, -0.2) is 22.9 Å². The van der Waals surface area contributed by atoms with Crippen LogP contribution in [0.15, 0.2) is 48.5 Å². The van der Waals surface area contributed by atoms with Gasteiger partial charge < -0.3 is 15.6 Å². The van der Waals surface area contributed by atoms with Gasteiger partial charge in [-0.15, -0.1) is 0 Å². The first-order chi connectivity index (χ1) is 11.4. The summed E-state index contributed by atoms with van der Waals surface area (Å²) in [6.45, 7) is 1.78. The molecule has 24 heavy (non-hydrogen) atoms. The Bertz CT molecular complexity index is 823. The number of amidine groups is 1. The van der Waals surface area contributed by atoms with Crippen molar-refractivity contribution in [2.75, 3.05) is 0 Å². The van der Waals surface area contributed by atoms with Crippen LogP contribution < -0.4 is 10.5 Å². The summed E-state index contributed by atoms with van der Waals surface area (Å²) in [5.74, 6) is -1.28. The van der Waals surface area contributed by atoms with Crippen LogP contribution in [0.1, 0.15) is 27.0 Å². The van der Waals surface area contributed by atoms with E-state index in [1.54, 1.807) is 49.4 Å². The first-order valence-corrected chi connectivity index (χ1v) is 7.05. The number of carboxylic acid groups (broad SMARTS) is 1. The molecule has 0 spiro atoms. The number of nitrogen functional groups attached to an aromatic ring is 1. The van der Waals surface area contributed by atoms with Crippen LogP contribution in [0.2, 0.25) is 0 Å². The number of hydrogen-bond donors (Lipinski definition) is 3. The number of rotatable bonds is 5. The maximum absolute atomic E-state index is 12.2. The number of carbonyl (C=O) groups is 2. The lowest BCUT2D eigenvalue weighted by Gasteiger charge is -2.07. The van der Waals surface area contributed by atoms with Gasteiger partial charge in [-0.05, 0) is 60.5 Å². The third-order valence-corrected chi connectivity index (χ3v) is 3.29. The molecule has 4 N–H and O–H groups in total. The van der Waals surface area contributed by atoms with Gasteiger partial charge in [0.15, 0.2) is 0 Å². The van der Waals surface area contributed by atoms with Crippen molar-refractivity contribution < 1.29 is 19.4 Å². The number of aliphatic carboxylic acids is 1. The molecule has 2 aromatic carbocycles. The minimum atomic E-state index is -1.04. The maximum Gasteiger partial charge on any atom is 0.343 e. The van der Waals surface area contributed by atoms with Gasteiger partial charge in [0.1, 0.15) is 11.6 Å². The smallest absolute Gasteiger partial charge is 0.343 e. The summed E-state index contributed by atoms with van der Waals surface area (Å²) in [6.07, 6.45) is 2.50. The number of nitrogens with one attached hydrogen (secondary N) is 1. The lowest BCUT2D eigenvalue weighted by Crippen LogP contribution is -2.11. The number of nitrogens with two attached hydrogens (primary N) is 1. The number of carboxylic acids is 1. The summed E-state index contributed by atoms with van der Waals surface area (Å²) in [6, 6.07) is 11.2. The second-order valence-electron chi connectivity index (χ2n) is 5.07. The van der Waals surface area contributed by atoms with Crippen molar-refractivity contribution >= 4 is 23.9 Å². The molecule has 122 valence electrons. The van der Waals surface area contributed by atoms with Gasteiger partial charge in [-0.2, -0.15) is 0 Å². The maximum atomic E-state index is 12.2. The largest absolute Gasteiger partial charge is 0.478 e. The van der Waals surface area contributed by atoms with Gasteiger partial charge in [0.25, 0.3) is 0 Å². The van der Waals surface area contributed by atoms with E-state index in [-0.39, 0.29) is 5.84 Å². The van der Waals surface area contributed by atoms with Gasteiger partial charge in [-0.1, -0.05) is 6.07 Å². The molecule has 0 aliphatic heterocycles. The number of hydrogen-bond acceptors (Lipinski definition) is 4. The molecular weight excluding hydrogens is 308 g/mol. The van der Waals surface area contributed by atoms with Crippen molar-refractivity contribution in [1.82, 2.24) is 0 Å². The molecule has 0 saturated heterocycles. The standard InChI is InChI=1S/C18H16N2O4/c1-11-10-14(3-2-12(11)6-9-16(21)22)18(23)24-15-7-4-13(5-8-15)17(19)20/h2-10H,1H3,(H3,19,20)(H,21,22)/b9-6+. The average molecular weight is 324 g/mol. The van der Waals surface area contributed by atoms with Crippen molar-refractivity contribution in [2.45, 2.75) is 6.92 Å². The molecule has 0 aliphatic rings. The van der Waals surface area contributed by atoms with E-state index in [0.717, 1.165) is 11.6 Å². The highest BCUT2D eigenvalue weighted by molar-refractivity contribution is 5.95. The fraction of sp³-hybridized carbons (Fsp3) is 0.0556. The summed E-state index contributed by atoms with van der Waals surface area (Å²) < 4.78 is 5.27. The fourth-order valence-corrected chi connectivity index (χ4v) is 2.02. The highest BCUT2D eigenvalue weighted by atomic mass is 16.5. The van der Waals surface area contributed by atoms with Gasteiger partial charge >= 0.3 is 11.9 Å². The molecule has 0 aromatic heterocycles.